The second-order valence-corrected chi connectivity index (χ2v) is 5.26. The molecule has 0 radical (unpaired) electrons. The van der Waals surface area contributed by atoms with Crippen LogP contribution < -0.4 is 0 Å². The van der Waals surface area contributed by atoms with Crippen LogP contribution in [-0.2, 0) is 9.73 Å². The predicted octanol–water partition coefficient (Wildman–Crippen LogP) is 3.08. The van der Waals surface area contributed by atoms with Crippen LogP contribution >= 0.6 is 15.9 Å². The van der Waals surface area contributed by atoms with E-state index >= 15 is 0 Å². The van der Waals surface area contributed by atoms with Gasteiger partial charge in [-0.15, -0.1) is 0 Å². The van der Waals surface area contributed by atoms with Crippen LogP contribution in [0.4, 0.5) is 8.78 Å². The number of hydrogen-bond donors (Lipinski definition) is 1. The van der Waals surface area contributed by atoms with Crippen LogP contribution in [0.2, 0.25) is 0 Å². The first-order chi connectivity index (χ1) is 5.94. The molecule has 0 heterocycles. The Morgan fingerprint density at radius 1 is 1.31 bits per heavy atom. The number of halogens is 3. The van der Waals surface area contributed by atoms with Crippen molar-refractivity contribution in [1.29, 1.82) is 4.78 Å². The summed E-state index contributed by atoms with van der Waals surface area (Å²) in [6.07, 6.45) is 0. The molecule has 0 aliphatic heterocycles. The van der Waals surface area contributed by atoms with Crippen molar-refractivity contribution >= 4 is 25.7 Å². The summed E-state index contributed by atoms with van der Waals surface area (Å²) in [4.78, 5) is -0.147. The van der Waals surface area contributed by atoms with Crippen molar-refractivity contribution in [3.63, 3.8) is 0 Å². The SMILES string of the molecule is N=S(=O)(c1ccc(Br)cc1)C(F)F. The Morgan fingerprint density at radius 3 is 2.15 bits per heavy atom. The van der Waals surface area contributed by atoms with E-state index in [9.17, 15) is 13.0 Å². The maximum Gasteiger partial charge on any atom is 0.323 e. The largest absolute Gasteiger partial charge is 0.323 e. The van der Waals surface area contributed by atoms with E-state index < -0.39 is 15.5 Å². The summed E-state index contributed by atoms with van der Waals surface area (Å²) in [6.45, 7) is 0. The number of rotatable bonds is 2. The lowest BCUT2D eigenvalue weighted by Crippen LogP contribution is -2.09. The van der Waals surface area contributed by atoms with E-state index in [0.29, 0.717) is 4.47 Å². The molecule has 2 nitrogen and oxygen atoms in total. The van der Waals surface area contributed by atoms with E-state index in [0.717, 1.165) is 0 Å². The molecule has 0 aromatic heterocycles. The van der Waals surface area contributed by atoms with Gasteiger partial charge in [0.25, 0.3) is 0 Å². The Morgan fingerprint density at radius 2 is 1.77 bits per heavy atom. The van der Waals surface area contributed by atoms with Gasteiger partial charge in [0.2, 0.25) is 0 Å². The van der Waals surface area contributed by atoms with Gasteiger partial charge in [-0.05, 0) is 24.3 Å². The second-order valence-electron chi connectivity index (χ2n) is 2.32. The van der Waals surface area contributed by atoms with Crippen molar-refractivity contribution in [3.05, 3.63) is 28.7 Å². The Bertz CT molecular complexity index is 387. The highest BCUT2D eigenvalue weighted by molar-refractivity contribution is 9.10. The Balaban J connectivity index is 3.17. The summed E-state index contributed by atoms with van der Waals surface area (Å²) < 4.78 is 43.0. The highest BCUT2D eigenvalue weighted by atomic mass is 79.9. The molecule has 72 valence electrons. The predicted molar refractivity (Wildman–Crippen MR) is 49.3 cm³/mol. The van der Waals surface area contributed by atoms with Gasteiger partial charge in [-0.2, -0.15) is 8.78 Å². The van der Waals surface area contributed by atoms with Gasteiger partial charge in [-0.25, -0.2) is 8.99 Å². The van der Waals surface area contributed by atoms with Crippen molar-refractivity contribution in [3.8, 4) is 0 Å². The summed E-state index contributed by atoms with van der Waals surface area (Å²) in [5.41, 5.74) is 0. The molecule has 13 heavy (non-hydrogen) atoms. The summed E-state index contributed by atoms with van der Waals surface area (Å²) in [6, 6.07) is 5.47. The van der Waals surface area contributed by atoms with Crippen molar-refractivity contribution in [1.82, 2.24) is 0 Å². The quantitative estimate of drug-likeness (QED) is 0.881. The van der Waals surface area contributed by atoms with E-state index in [1.807, 2.05) is 0 Å². The first kappa shape index (κ1) is 10.6. The lowest BCUT2D eigenvalue weighted by Gasteiger charge is -2.05. The molecule has 0 spiro atoms. The molecular weight excluding hydrogens is 264 g/mol. The zero-order chi connectivity index (χ0) is 10.1. The Hall–Kier alpha value is -0.490. The molecule has 1 N–H and O–H groups in total. The molecular formula is C7H6BrF2NOS. The minimum atomic E-state index is -3.95. The van der Waals surface area contributed by atoms with Gasteiger partial charge in [-0.1, -0.05) is 15.9 Å². The fourth-order valence-electron chi connectivity index (χ4n) is 0.740. The average molecular weight is 270 g/mol. The molecule has 1 unspecified atom stereocenters. The Labute approximate surface area is 83.1 Å². The minimum absolute atomic E-state index is 0.147. The average Bonchev–Trinajstić information content (AvgIpc) is 2.04. The first-order valence-electron chi connectivity index (χ1n) is 3.26. The van der Waals surface area contributed by atoms with Crippen LogP contribution in [0.5, 0.6) is 0 Å². The van der Waals surface area contributed by atoms with Gasteiger partial charge < -0.3 is 0 Å². The molecule has 0 saturated carbocycles. The molecule has 1 aromatic carbocycles. The van der Waals surface area contributed by atoms with Crippen molar-refractivity contribution in [2.45, 2.75) is 10.7 Å². The van der Waals surface area contributed by atoms with Crippen LogP contribution in [0.25, 0.3) is 0 Å². The van der Waals surface area contributed by atoms with Crippen molar-refractivity contribution < 1.29 is 13.0 Å². The summed E-state index contributed by atoms with van der Waals surface area (Å²) in [5.74, 6) is -3.14. The van der Waals surface area contributed by atoms with Gasteiger partial charge in [0.05, 0.1) is 4.90 Å². The third kappa shape index (κ3) is 2.25. The van der Waals surface area contributed by atoms with Gasteiger partial charge in [0.1, 0.15) is 9.73 Å². The second kappa shape index (κ2) is 3.71. The standard InChI is InChI=1S/C7H6BrF2NOS/c8-5-1-3-6(4-2-5)13(11,12)7(9)10/h1-4,7,11H. The lowest BCUT2D eigenvalue weighted by atomic mass is 10.4. The van der Waals surface area contributed by atoms with Crippen molar-refractivity contribution in [2.24, 2.45) is 0 Å². The third-order valence-electron chi connectivity index (χ3n) is 1.41. The number of nitrogens with one attached hydrogen (secondary N) is 1. The molecule has 6 heteroatoms. The van der Waals surface area contributed by atoms with Gasteiger partial charge in [0.15, 0.2) is 0 Å². The third-order valence-corrected chi connectivity index (χ3v) is 3.42. The molecule has 0 amide bonds. The lowest BCUT2D eigenvalue weighted by molar-refractivity contribution is 0.241. The van der Waals surface area contributed by atoms with Gasteiger partial charge >= 0.3 is 5.76 Å². The van der Waals surface area contributed by atoms with Gasteiger partial charge in [-0.3, -0.25) is 0 Å². The van der Waals surface area contributed by atoms with Crippen LogP contribution in [0, 0.1) is 4.78 Å². The highest BCUT2D eigenvalue weighted by Gasteiger charge is 2.21. The maximum absolute atomic E-state index is 12.1. The number of alkyl halides is 2. The van der Waals surface area contributed by atoms with Crippen LogP contribution in [0.1, 0.15) is 0 Å². The zero-order valence-electron chi connectivity index (χ0n) is 6.34. The molecule has 0 aliphatic carbocycles. The minimum Gasteiger partial charge on any atom is -0.244 e. The summed E-state index contributed by atoms with van der Waals surface area (Å²) in [7, 11) is -3.95. The summed E-state index contributed by atoms with van der Waals surface area (Å²) in [5, 5.41) is 0. The molecule has 1 atom stereocenters. The molecule has 0 aliphatic rings. The van der Waals surface area contributed by atoms with Crippen LogP contribution in [0.15, 0.2) is 33.6 Å². The molecule has 1 aromatic rings. The van der Waals surface area contributed by atoms with Gasteiger partial charge in [0, 0.05) is 4.47 Å². The maximum atomic E-state index is 12.1. The normalized spacial score (nSPS) is 15.7. The topological polar surface area (TPSA) is 40.9 Å². The fraction of sp³-hybridized carbons (Fsp3) is 0.143. The fourth-order valence-corrected chi connectivity index (χ4v) is 1.75. The van der Waals surface area contributed by atoms with E-state index in [1.165, 1.54) is 24.3 Å². The monoisotopic (exact) mass is 269 g/mol. The van der Waals surface area contributed by atoms with Crippen LogP contribution in [0.3, 0.4) is 0 Å². The summed E-state index contributed by atoms with van der Waals surface area (Å²) >= 11 is 3.11. The number of benzene rings is 1. The van der Waals surface area contributed by atoms with E-state index in [2.05, 4.69) is 15.9 Å². The zero-order valence-corrected chi connectivity index (χ0v) is 8.74. The highest BCUT2D eigenvalue weighted by Crippen LogP contribution is 2.20. The smallest absolute Gasteiger partial charge is 0.244 e. The molecule has 1 rings (SSSR count). The van der Waals surface area contributed by atoms with E-state index in [4.69, 9.17) is 4.78 Å². The Kier molecular flexibility index (Phi) is 3.02. The van der Waals surface area contributed by atoms with E-state index in [1.54, 1.807) is 0 Å². The number of hydrogen-bond acceptors (Lipinski definition) is 2. The first-order valence-corrected chi connectivity index (χ1v) is 5.67. The molecule has 0 fully saturated rings. The molecule has 0 saturated heterocycles. The van der Waals surface area contributed by atoms with E-state index in [-0.39, 0.29) is 4.90 Å². The van der Waals surface area contributed by atoms with Crippen LogP contribution in [-0.4, -0.2) is 9.97 Å². The van der Waals surface area contributed by atoms with Crippen molar-refractivity contribution in [2.75, 3.05) is 0 Å². The molecule has 0 bridgehead atoms.